The molecule has 0 heterocycles. The Balaban J connectivity index is 1.87. The Kier molecular flexibility index (Phi) is 6.07. The van der Waals surface area contributed by atoms with Gasteiger partial charge in [0.05, 0.1) is 25.2 Å². The molecule has 11 heteroatoms. The zero-order valence-electron chi connectivity index (χ0n) is 15.7. The summed E-state index contributed by atoms with van der Waals surface area (Å²) >= 11 is 0. The molecule has 0 aliphatic carbocycles. The molecule has 0 saturated carbocycles. The van der Waals surface area contributed by atoms with Gasteiger partial charge in [-0.05, 0) is 29.8 Å². The maximum absolute atomic E-state index is 13.0. The summed E-state index contributed by atoms with van der Waals surface area (Å²) in [5.74, 6) is -0.937. The van der Waals surface area contributed by atoms with Crippen molar-refractivity contribution >= 4 is 27.2 Å². The molecular formula is C20H14N2O8S. The van der Waals surface area contributed by atoms with E-state index in [1.807, 2.05) is 0 Å². The fraction of sp³-hybridized carbons (Fsp3) is 0.0500. The number of sulfone groups is 1. The van der Waals surface area contributed by atoms with E-state index in [1.165, 1.54) is 48.5 Å². The summed E-state index contributed by atoms with van der Waals surface area (Å²) in [6.45, 7) is -0.299. The quantitative estimate of drug-likeness (QED) is 0.306. The maximum atomic E-state index is 13.0. The van der Waals surface area contributed by atoms with Gasteiger partial charge in [-0.3, -0.25) is 20.2 Å². The van der Waals surface area contributed by atoms with Crippen molar-refractivity contribution in [1.29, 1.82) is 0 Å². The molecule has 0 unspecified atom stereocenters. The van der Waals surface area contributed by atoms with Gasteiger partial charge in [0.1, 0.15) is 6.61 Å². The van der Waals surface area contributed by atoms with E-state index in [4.69, 9.17) is 4.74 Å². The van der Waals surface area contributed by atoms with E-state index in [2.05, 4.69) is 0 Å². The Morgan fingerprint density at radius 3 is 2.13 bits per heavy atom. The van der Waals surface area contributed by atoms with E-state index in [1.54, 1.807) is 0 Å². The van der Waals surface area contributed by atoms with Gasteiger partial charge in [0.15, 0.2) is 0 Å². The molecule has 0 saturated heterocycles. The molecule has 0 N–H and O–H groups in total. The lowest BCUT2D eigenvalue weighted by atomic mass is 10.2. The van der Waals surface area contributed by atoms with Crippen LogP contribution in [-0.4, -0.2) is 24.2 Å². The van der Waals surface area contributed by atoms with E-state index >= 15 is 0 Å². The Morgan fingerprint density at radius 1 is 0.839 bits per heavy atom. The largest absolute Gasteiger partial charge is 0.457 e. The minimum Gasteiger partial charge on any atom is -0.457 e. The first-order chi connectivity index (χ1) is 14.7. The van der Waals surface area contributed by atoms with Crippen LogP contribution in [0, 0.1) is 20.2 Å². The number of esters is 1. The predicted molar refractivity (Wildman–Crippen MR) is 107 cm³/mol. The monoisotopic (exact) mass is 442 g/mol. The van der Waals surface area contributed by atoms with Crippen molar-refractivity contribution in [3.63, 3.8) is 0 Å². The summed E-state index contributed by atoms with van der Waals surface area (Å²) in [5, 5.41) is 21.6. The fourth-order valence-electron chi connectivity index (χ4n) is 2.73. The first-order valence-electron chi connectivity index (χ1n) is 8.69. The van der Waals surface area contributed by atoms with Gasteiger partial charge in [-0.1, -0.05) is 24.3 Å². The lowest BCUT2D eigenvalue weighted by Gasteiger charge is -2.11. The second-order valence-corrected chi connectivity index (χ2v) is 8.17. The molecule has 3 rings (SSSR count). The third-order valence-electron chi connectivity index (χ3n) is 4.25. The second kappa shape index (κ2) is 8.71. The summed E-state index contributed by atoms with van der Waals surface area (Å²) < 4.78 is 31.1. The average molecular weight is 442 g/mol. The van der Waals surface area contributed by atoms with Crippen molar-refractivity contribution in [3.05, 3.63) is 104 Å². The number of carbonyl (C=O) groups is 1. The lowest BCUT2D eigenvalue weighted by Crippen LogP contribution is -2.12. The molecule has 0 atom stereocenters. The summed E-state index contributed by atoms with van der Waals surface area (Å²) in [6, 6.07) is 15.1. The van der Waals surface area contributed by atoms with Crippen LogP contribution in [0.3, 0.4) is 0 Å². The summed E-state index contributed by atoms with van der Waals surface area (Å²) in [4.78, 5) is 32.4. The van der Waals surface area contributed by atoms with E-state index in [0.717, 1.165) is 24.3 Å². The number of nitro groups is 2. The molecule has 0 bridgehead atoms. The van der Waals surface area contributed by atoms with Crippen molar-refractivity contribution in [2.75, 3.05) is 0 Å². The summed E-state index contributed by atoms with van der Waals surface area (Å²) in [7, 11) is -4.17. The van der Waals surface area contributed by atoms with Gasteiger partial charge in [-0.25, -0.2) is 13.2 Å². The number of rotatable bonds is 7. The number of hydrogen-bond acceptors (Lipinski definition) is 8. The first-order valence-corrected chi connectivity index (χ1v) is 10.2. The highest BCUT2D eigenvalue weighted by molar-refractivity contribution is 7.91. The molecule has 0 spiro atoms. The molecule has 10 nitrogen and oxygen atoms in total. The van der Waals surface area contributed by atoms with E-state index < -0.39 is 25.7 Å². The van der Waals surface area contributed by atoms with Crippen molar-refractivity contribution in [1.82, 2.24) is 0 Å². The molecule has 3 aromatic carbocycles. The number of nitrogens with zero attached hydrogens (tertiary/aromatic N) is 2. The average Bonchev–Trinajstić information content (AvgIpc) is 2.77. The standard InChI is InChI=1S/C20H14N2O8S/c23-20(30-13-14-4-3-5-16(12-14)22(26)27)18-6-1-2-7-19(18)31(28,29)17-10-8-15(9-11-17)21(24)25/h1-12H,13H2. The third kappa shape index (κ3) is 4.73. The smallest absolute Gasteiger partial charge is 0.339 e. The van der Waals surface area contributed by atoms with Gasteiger partial charge in [0.2, 0.25) is 9.84 Å². The highest BCUT2D eigenvalue weighted by atomic mass is 32.2. The molecule has 3 aromatic rings. The molecule has 0 aliphatic rings. The van der Waals surface area contributed by atoms with Crippen molar-refractivity contribution < 1.29 is 27.8 Å². The van der Waals surface area contributed by atoms with Crippen LogP contribution in [0.25, 0.3) is 0 Å². The Morgan fingerprint density at radius 2 is 1.48 bits per heavy atom. The van der Waals surface area contributed by atoms with Crippen LogP contribution >= 0.6 is 0 Å². The molecule has 0 radical (unpaired) electrons. The predicted octanol–water partition coefficient (Wildman–Crippen LogP) is 3.69. The minimum atomic E-state index is -4.17. The molecule has 0 aliphatic heterocycles. The zero-order valence-corrected chi connectivity index (χ0v) is 16.5. The van der Waals surface area contributed by atoms with Crippen molar-refractivity contribution in [3.8, 4) is 0 Å². The van der Waals surface area contributed by atoms with Gasteiger partial charge < -0.3 is 4.74 Å². The Bertz CT molecular complexity index is 1270. The fourth-order valence-corrected chi connectivity index (χ4v) is 4.18. The van der Waals surface area contributed by atoms with Crippen LogP contribution < -0.4 is 0 Å². The van der Waals surface area contributed by atoms with E-state index in [9.17, 15) is 33.4 Å². The number of carbonyl (C=O) groups excluding carboxylic acids is 1. The van der Waals surface area contributed by atoms with Gasteiger partial charge in [-0.15, -0.1) is 0 Å². The number of ether oxygens (including phenoxy) is 1. The van der Waals surface area contributed by atoms with Gasteiger partial charge in [0.25, 0.3) is 11.4 Å². The number of benzene rings is 3. The minimum absolute atomic E-state index is 0.172. The van der Waals surface area contributed by atoms with Crippen LogP contribution in [0.1, 0.15) is 15.9 Å². The number of hydrogen-bond donors (Lipinski definition) is 0. The third-order valence-corrected chi connectivity index (χ3v) is 6.07. The molecule has 0 fully saturated rings. The lowest BCUT2D eigenvalue weighted by molar-refractivity contribution is -0.385. The first kappa shape index (κ1) is 21.6. The van der Waals surface area contributed by atoms with Crippen LogP contribution in [-0.2, 0) is 21.2 Å². The summed E-state index contributed by atoms with van der Waals surface area (Å²) in [6.07, 6.45) is 0. The zero-order chi connectivity index (χ0) is 22.6. The SMILES string of the molecule is O=C(OCc1cccc([N+](=O)[O-])c1)c1ccccc1S(=O)(=O)c1ccc([N+](=O)[O-])cc1. The molecule has 0 aromatic heterocycles. The highest BCUT2D eigenvalue weighted by Crippen LogP contribution is 2.26. The number of nitro benzene ring substituents is 2. The van der Waals surface area contributed by atoms with Crippen LogP contribution in [0.15, 0.2) is 82.6 Å². The van der Waals surface area contributed by atoms with Gasteiger partial charge in [-0.2, -0.15) is 0 Å². The van der Waals surface area contributed by atoms with Crippen molar-refractivity contribution in [2.24, 2.45) is 0 Å². The van der Waals surface area contributed by atoms with E-state index in [-0.39, 0.29) is 33.3 Å². The second-order valence-electron chi connectivity index (χ2n) is 6.25. The number of non-ortho nitro benzene ring substituents is 2. The van der Waals surface area contributed by atoms with Gasteiger partial charge in [0, 0.05) is 24.3 Å². The molecular weight excluding hydrogens is 428 g/mol. The Labute approximate surface area is 175 Å². The Hall–Kier alpha value is -4.12. The van der Waals surface area contributed by atoms with E-state index in [0.29, 0.717) is 5.56 Å². The van der Waals surface area contributed by atoms with Crippen LogP contribution in [0.2, 0.25) is 0 Å². The molecule has 0 amide bonds. The highest BCUT2D eigenvalue weighted by Gasteiger charge is 2.25. The van der Waals surface area contributed by atoms with Crippen LogP contribution in [0.4, 0.5) is 11.4 Å². The van der Waals surface area contributed by atoms with Gasteiger partial charge >= 0.3 is 5.97 Å². The van der Waals surface area contributed by atoms with Crippen LogP contribution in [0.5, 0.6) is 0 Å². The molecule has 158 valence electrons. The maximum Gasteiger partial charge on any atom is 0.339 e. The van der Waals surface area contributed by atoms with Crippen molar-refractivity contribution in [2.45, 2.75) is 16.4 Å². The summed E-state index contributed by atoms with van der Waals surface area (Å²) in [5.41, 5.74) is -0.317. The molecule has 31 heavy (non-hydrogen) atoms. The topological polar surface area (TPSA) is 147 Å². The normalized spacial score (nSPS) is 11.0.